The maximum atomic E-state index is 14.0. The number of ether oxygens (including phenoxy) is 1. The van der Waals surface area contributed by atoms with Crippen LogP contribution in [0.2, 0.25) is 0 Å². The lowest BCUT2D eigenvalue weighted by molar-refractivity contribution is 0.340. The third-order valence-corrected chi connectivity index (χ3v) is 6.05. The topological polar surface area (TPSA) is 52.4 Å². The van der Waals surface area contributed by atoms with Crippen LogP contribution in [0.4, 0.5) is 10.2 Å². The highest BCUT2D eigenvalue weighted by molar-refractivity contribution is 7.80. The van der Waals surface area contributed by atoms with Crippen LogP contribution >= 0.6 is 12.2 Å². The highest BCUT2D eigenvalue weighted by atomic mass is 32.1. The van der Waals surface area contributed by atoms with E-state index in [0.29, 0.717) is 43.1 Å². The molecule has 0 spiro atoms. The van der Waals surface area contributed by atoms with Gasteiger partial charge >= 0.3 is 0 Å². The number of nitriles is 1. The Morgan fingerprint density at radius 2 is 2.00 bits per heavy atom. The van der Waals surface area contributed by atoms with Crippen LogP contribution in [0.15, 0.2) is 48.5 Å². The summed E-state index contributed by atoms with van der Waals surface area (Å²) in [5.41, 5.74) is 2.00. The third kappa shape index (κ3) is 4.81. The second kappa shape index (κ2) is 9.92. The first-order valence-electron chi connectivity index (χ1n) is 10.8. The zero-order chi connectivity index (χ0) is 22.5. The number of rotatable bonds is 5. The van der Waals surface area contributed by atoms with Crippen molar-refractivity contribution >= 4 is 33.9 Å². The van der Waals surface area contributed by atoms with Gasteiger partial charge in [0.1, 0.15) is 23.5 Å². The molecule has 1 aliphatic rings. The Labute approximate surface area is 193 Å². The van der Waals surface area contributed by atoms with Crippen LogP contribution in [0.1, 0.15) is 24.5 Å². The lowest BCUT2D eigenvalue weighted by atomic mass is 10.1. The molecule has 1 fully saturated rings. The largest absolute Gasteiger partial charge is 0.494 e. The molecule has 0 saturated carbocycles. The van der Waals surface area contributed by atoms with Crippen molar-refractivity contribution < 1.29 is 9.13 Å². The highest BCUT2D eigenvalue weighted by Gasteiger charge is 2.21. The summed E-state index contributed by atoms with van der Waals surface area (Å²) in [4.78, 5) is 9.85. The number of thiocarbonyl (C=S) groups is 1. The first-order valence-corrected chi connectivity index (χ1v) is 11.2. The van der Waals surface area contributed by atoms with E-state index in [1.807, 2.05) is 37.3 Å². The van der Waals surface area contributed by atoms with Gasteiger partial charge in [-0.1, -0.05) is 30.4 Å². The summed E-state index contributed by atoms with van der Waals surface area (Å²) >= 11 is 5.64. The van der Waals surface area contributed by atoms with Crippen molar-refractivity contribution in [1.29, 1.82) is 5.26 Å². The summed E-state index contributed by atoms with van der Waals surface area (Å²) in [7, 11) is 0. The number of hydrogen-bond acceptors (Lipinski definition) is 5. The van der Waals surface area contributed by atoms with Gasteiger partial charge in [-0.25, -0.2) is 9.37 Å². The van der Waals surface area contributed by atoms with Crippen molar-refractivity contribution in [2.24, 2.45) is 0 Å². The molecule has 1 saturated heterocycles. The quantitative estimate of drug-likeness (QED) is 0.526. The Balaban J connectivity index is 1.51. The SMILES string of the molecule is CCOc1ccc2nc(N3CCCN(C(=S)Cc4ccccc4F)CC3)c(C#N)cc2c1. The smallest absolute Gasteiger partial charge is 0.147 e. The van der Waals surface area contributed by atoms with Crippen molar-refractivity contribution in [3.63, 3.8) is 0 Å². The molecular weight excluding hydrogens is 423 g/mol. The van der Waals surface area contributed by atoms with E-state index in [1.54, 1.807) is 12.1 Å². The molecule has 0 atom stereocenters. The molecule has 0 radical (unpaired) electrons. The molecule has 32 heavy (non-hydrogen) atoms. The Morgan fingerprint density at radius 3 is 2.78 bits per heavy atom. The summed E-state index contributed by atoms with van der Waals surface area (Å²) < 4.78 is 19.6. The number of aromatic nitrogens is 1. The van der Waals surface area contributed by atoms with Gasteiger partial charge in [-0.2, -0.15) is 5.26 Å². The third-order valence-electron chi connectivity index (χ3n) is 5.65. The van der Waals surface area contributed by atoms with E-state index in [2.05, 4.69) is 15.9 Å². The summed E-state index contributed by atoms with van der Waals surface area (Å²) in [6.07, 6.45) is 1.30. The number of nitrogens with zero attached hydrogens (tertiary/aromatic N) is 4. The summed E-state index contributed by atoms with van der Waals surface area (Å²) in [6.45, 7) is 5.52. The van der Waals surface area contributed by atoms with Gasteiger partial charge in [-0.05, 0) is 49.2 Å². The van der Waals surface area contributed by atoms with Gasteiger partial charge in [0, 0.05) is 38.0 Å². The summed E-state index contributed by atoms with van der Waals surface area (Å²) in [5.74, 6) is 1.25. The molecule has 2 heterocycles. The molecule has 0 aliphatic carbocycles. The molecule has 4 rings (SSSR count). The van der Waals surface area contributed by atoms with Gasteiger partial charge in [-0.3, -0.25) is 0 Å². The highest BCUT2D eigenvalue weighted by Crippen LogP contribution is 2.27. The van der Waals surface area contributed by atoms with Gasteiger partial charge in [0.2, 0.25) is 0 Å². The van der Waals surface area contributed by atoms with Crippen molar-refractivity contribution in [3.05, 3.63) is 65.5 Å². The Morgan fingerprint density at radius 1 is 1.16 bits per heavy atom. The van der Waals surface area contributed by atoms with Crippen LogP contribution in [-0.2, 0) is 6.42 Å². The molecule has 0 unspecified atom stereocenters. The zero-order valence-corrected chi connectivity index (χ0v) is 18.9. The minimum atomic E-state index is -0.224. The Hall–Kier alpha value is -3.24. The average molecular weight is 449 g/mol. The molecule has 164 valence electrons. The number of benzene rings is 2. The molecule has 0 N–H and O–H groups in total. The van der Waals surface area contributed by atoms with Crippen LogP contribution in [0.5, 0.6) is 5.75 Å². The molecule has 7 heteroatoms. The predicted octanol–water partition coefficient (Wildman–Crippen LogP) is 4.73. The normalized spacial score (nSPS) is 14.2. The van der Waals surface area contributed by atoms with E-state index in [0.717, 1.165) is 41.2 Å². The Kier molecular flexibility index (Phi) is 6.81. The van der Waals surface area contributed by atoms with Crippen LogP contribution in [0.25, 0.3) is 10.9 Å². The lowest BCUT2D eigenvalue weighted by Gasteiger charge is -2.25. The van der Waals surface area contributed by atoms with Crippen molar-refractivity contribution in [1.82, 2.24) is 9.88 Å². The van der Waals surface area contributed by atoms with Gasteiger partial charge < -0.3 is 14.5 Å². The van der Waals surface area contributed by atoms with Crippen molar-refractivity contribution in [2.75, 3.05) is 37.7 Å². The molecule has 0 bridgehead atoms. The monoisotopic (exact) mass is 448 g/mol. The van der Waals surface area contributed by atoms with E-state index in [1.165, 1.54) is 6.07 Å². The number of anilines is 1. The minimum absolute atomic E-state index is 0.224. The maximum absolute atomic E-state index is 14.0. The fourth-order valence-electron chi connectivity index (χ4n) is 4.02. The van der Waals surface area contributed by atoms with Crippen LogP contribution in [0, 0.1) is 17.1 Å². The second-order valence-corrected chi connectivity index (χ2v) is 8.22. The van der Waals surface area contributed by atoms with Gasteiger partial charge in [0.05, 0.1) is 22.7 Å². The first kappa shape index (κ1) is 22.0. The van der Waals surface area contributed by atoms with Gasteiger partial charge in [0.15, 0.2) is 0 Å². The number of hydrogen-bond donors (Lipinski definition) is 0. The van der Waals surface area contributed by atoms with Crippen LogP contribution in [-0.4, -0.2) is 47.7 Å². The number of fused-ring (bicyclic) bond motifs is 1. The van der Waals surface area contributed by atoms with E-state index in [9.17, 15) is 9.65 Å². The number of halogens is 1. The molecule has 5 nitrogen and oxygen atoms in total. The molecule has 1 aliphatic heterocycles. The zero-order valence-electron chi connectivity index (χ0n) is 18.1. The maximum Gasteiger partial charge on any atom is 0.147 e. The lowest BCUT2D eigenvalue weighted by Crippen LogP contribution is -2.35. The van der Waals surface area contributed by atoms with Gasteiger partial charge in [0.25, 0.3) is 0 Å². The number of pyridine rings is 1. The van der Waals surface area contributed by atoms with Gasteiger partial charge in [-0.15, -0.1) is 0 Å². The van der Waals surface area contributed by atoms with Crippen LogP contribution in [0.3, 0.4) is 0 Å². The average Bonchev–Trinajstić information content (AvgIpc) is 3.06. The minimum Gasteiger partial charge on any atom is -0.494 e. The molecular formula is C25H25FN4OS. The fraction of sp³-hybridized carbons (Fsp3) is 0.320. The standard InChI is InChI=1S/C25H25FN4OS/c1-2-31-21-8-9-23-19(15-21)14-20(17-27)25(28-23)30-11-5-10-29(12-13-30)24(32)16-18-6-3-4-7-22(18)26/h3-4,6-9,14-15H,2,5,10-13,16H2,1H3. The summed E-state index contributed by atoms with van der Waals surface area (Å²) in [6, 6.07) is 16.7. The molecule has 2 aromatic carbocycles. The molecule has 1 aromatic heterocycles. The molecule has 0 amide bonds. The predicted molar refractivity (Wildman–Crippen MR) is 129 cm³/mol. The van der Waals surface area contributed by atoms with E-state index in [4.69, 9.17) is 21.9 Å². The van der Waals surface area contributed by atoms with E-state index >= 15 is 0 Å². The van der Waals surface area contributed by atoms with Crippen LogP contribution < -0.4 is 9.64 Å². The Bertz CT molecular complexity index is 1180. The summed E-state index contributed by atoms with van der Waals surface area (Å²) in [5, 5.41) is 10.7. The first-order chi connectivity index (χ1) is 15.6. The molecule has 3 aromatic rings. The fourth-order valence-corrected chi connectivity index (χ4v) is 4.36. The van der Waals surface area contributed by atoms with Crippen molar-refractivity contribution in [3.8, 4) is 11.8 Å². The second-order valence-electron chi connectivity index (χ2n) is 7.75. The van der Waals surface area contributed by atoms with E-state index in [-0.39, 0.29) is 5.82 Å². The van der Waals surface area contributed by atoms with Crippen molar-refractivity contribution in [2.45, 2.75) is 19.8 Å². The van der Waals surface area contributed by atoms with E-state index < -0.39 is 0 Å².